The third-order valence-electron chi connectivity index (χ3n) is 5.56. The molecule has 1 aliphatic rings. The molecule has 0 aliphatic carbocycles. The molecule has 7 nitrogen and oxygen atoms in total. The molecular weight excluding hydrogens is 496 g/mol. The first kappa shape index (κ1) is 24.6. The molecule has 3 aromatic rings. The van der Waals surface area contributed by atoms with Gasteiger partial charge in [-0.15, -0.1) is 0 Å². The summed E-state index contributed by atoms with van der Waals surface area (Å²) >= 11 is 12.4. The Balaban J connectivity index is 1.35. The zero-order chi connectivity index (χ0) is 24.9. The minimum atomic E-state index is -0.551. The Labute approximate surface area is 211 Å². The molecule has 0 aromatic heterocycles. The molecule has 0 saturated carbocycles. The van der Waals surface area contributed by atoms with E-state index in [2.05, 4.69) is 10.9 Å². The van der Waals surface area contributed by atoms with E-state index in [1.54, 1.807) is 36.4 Å². The maximum Gasteiger partial charge on any atom is 0.243 e. The summed E-state index contributed by atoms with van der Waals surface area (Å²) in [6, 6.07) is 15.9. The minimum Gasteiger partial charge on any atom is -0.493 e. The molecule has 0 bridgehead atoms. The molecule has 35 heavy (non-hydrogen) atoms. The van der Waals surface area contributed by atoms with E-state index in [-0.39, 0.29) is 31.4 Å². The zero-order valence-corrected chi connectivity index (χ0v) is 20.2. The Kier molecular flexibility index (Phi) is 7.63. The second-order valence-corrected chi connectivity index (χ2v) is 8.66. The van der Waals surface area contributed by atoms with Crippen LogP contribution in [-0.2, 0) is 16.2 Å². The Bertz CT molecular complexity index is 1220. The molecule has 1 fully saturated rings. The third kappa shape index (κ3) is 5.78. The number of halogens is 3. The second kappa shape index (κ2) is 10.8. The van der Waals surface area contributed by atoms with E-state index in [0.29, 0.717) is 38.5 Å². The number of anilines is 2. The van der Waals surface area contributed by atoms with Crippen LogP contribution in [-0.4, -0.2) is 25.5 Å². The van der Waals surface area contributed by atoms with Crippen LogP contribution in [0.3, 0.4) is 0 Å². The van der Waals surface area contributed by atoms with E-state index in [9.17, 15) is 14.0 Å². The topological polar surface area (TPSA) is 79.9 Å². The number of hydrazine groups is 1. The van der Waals surface area contributed by atoms with E-state index in [0.717, 1.165) is 0 Å². The van der Waals surface area contributed by atoms with Gasteiger partial charge in [0.05, 0.1) is 18.7 Å². The summed E-state index contributed by atoms with van der Waals surface area (Å²) in [5.74, 6) is -0.569. The van der Waals surface area contributed by atoms with E-state index >= 15 is 0 Å². The molecule has 0 spiro atoms. The fourth-order valence-electron chi connectivity index (χ4n) is 3.67. The summed E-state index contributed by atoms with van der Waals surface area (Å²) in [5.41, 5.74) is 7.23. The highest BCUT2D eigenvalue weighted by molar-refractivity contribution is 6.35. The summed E-state index contributed by atoms with van der Waals surface area (Å²) in [7, 11) is 1.50. The van der Waals surface area contributed by atoms with Gasteiger partial charge in [0.15, 0.2) is 11.5 Å². The van der Waals surface area contributed by atoms with E-state index in [1.807, 2.05) is 0 Å². The number of nitrogens with zero attached hydrogens (tertiary/aromatic N) is 1. The third-order valence-corrected chi connectivity index (χ3v) is 6.27. The summed E-state index contributed by atoms with van der Waals surface area (Å²) in [5, 5.41) is 1.00. The first-order valence-corrected chi connectivity index (χ1v) is 11.5. The average molecular weight is 518 g/mol. The lowest BCUT2D eigenvalue weighted by Crippen LogP contribution is -2.36. The molecule has 1 saturated heterocycles. The monoisotopic (exact) mass is 517 g/mol. The van der Waals surface area contributed by atoms with Crippen molar-refractivity contribution in [2.24, 2.45) is 5.92 Å². The number of benzene rings is 3. The highest BCUT2D eigenvalue weighted by atomic mass is 35.5. The molecule has 2 amide bonds. The molecule has 1 heterocycles. The first-order chi connectivity index (χ1) is 16.9. The van der Waals surface area contributed by atoms with Crippen molar-refractivity contribution in [3.05, 3.63) is 82.1 Å². The zero-order valence-electron chi connectivity index (χ0n) is 18.7. The first-order valence-electron chi connectivity index (χ1n) is 10.7. The van der Waals surface area contributed by atoms with Crippen molar-refractivity contribution in [3.8, 4) is 11.5 Å². The van der Waals surface area contributed by atoms with Crippen molar-refractivity contribution in [2.45, 2.75) is 13.0 Å². The van der Waals surface area contributed by atoms with Gasteiger partial charge >= 0.3 is 0 Å². The van der Waals surface area contributed by atoms with Crippen LogP contribution < -0.4 is 25.2 Å². The molecule has 182 valence electrons. The van der Waals surface area contributed by atoms with Crippen molar-refractivity contribution in [3.63, 3.8) is 0 Å². The van der Waals surface area contributed by atoms with Crippen LogP contribution in [0.2, 0.25) is 10.0 Å². The Morgan fingerprint density at radius 2 is 1.80 bits per heavy atom. The quantitative estimate of drug-likeness (QED) is 0.400. The second-order valence-electron chi connectivity index (χ2n) is 7.85. The molecular formula is C25H22Cl2FN3O4. The number of ether oxygens (including phenoxy) is 2. The van der Waals surface area contributed by atoms with Crippen molar-refractivity contribution < 1.29 is 23.5 Å². The normalized spacial score (nSPS) is 15.1. The van der Waals surface area contributed by atoms with Gasteiger partial charge in [-0.3, -0.25) is 20.4 Å². The van der Waals surface area contributed by atoms with Gasteiger partial charge < -0.3 is 14.4 Å². The molecule has 0 unspecified atom stereocenters. The highest BCUT2D eigenvalue weighted by Gasteiger charge is 2.35. The van der Waals surface area contributed by atoms with Gasteiger partial charge in [0, 0.05) is 40.3 Å². The summed E-state index contributed by atoms with van der Waals surface area (Å²) in [6.07, 6.45) is 0.0611. The molecule has 4 rings (SSSR count). The van der Waals surface area contributed by atoms with Crippen LogP contribution in [0.25, 0.3) is 0 Å². The van der Waals surface area contributed by atoms with Gasteiger partial charge in [0.25, 0.3) is 0 Å². The number of hydrogen-bond acceptors (Lipinski definition) is 5. The summed E-state index contributed by atoms with van der Waals surface area (Å²) in [6.45, 7) is 0.358. The number of methoxy groups -OCH3 is 1. The smallest absolute Gasteiger partial charge is 0.243 e. The number of nitrogens with one attached hydrogen (secondary N) is 2. The van der Waals surface area contributed by atoms with E-state index in [4.69, 9.17) is 32.7 Å². The molecule has 10 heteroatoms. The van der Waals surface area contributed by atoms with Gasteiger partial charge in [-0.05, 0) is 48.5 Å². The van der Waals surface area contributed by atoms with Crippen molar-refractivity contribution in [2.75, 3.05) is 24.0 Å². The predicted molar refractivity (Wildman–Crippen MR) is 132 cm³/mol. The Hall–Kier alpha value is -3.49. The number of amides is 2. The average Bonchev–Trinajstić information content (AvgIpc) is 3.24. The van der Waals surface area contributed by atoms with Crippen molar-refractivity contribution in [1.29, 1.82) is 0 Å². The van der Waals surface area contributed by atoms with Gasteiger partial charge in [0.1, 0.15) is 12.4 Å². The van der Waals surface area contributed by atoms with Gasteiger partial charge in [0.2, 0.25) is 11.8 Å². The predicted octanol–water partition coefficient (Wildman–Crippen LogP) is 5.22. The standard InChI is InChI=1S/C25H22Cl2FN3O4/c1-34-23-12-17(7-10-22(23)35-14-19-20(26)3-2-4-21(19)27)29-30-25(33)15-11-24(32)31(13-15)18-8-5-16(28)6-9-18/h2-10,12,15,29H,11,13-14H2,1H3,(H,30,33)/t15-/m0/s1. The van der Waals surface area contributed by atoms with Crippen molar-refractivity contribution >= 4 is 46.4 Å². The fourth-order valence-corrected chi connectivity index (χ4v) is 4.18. The number of hydrogen-bond donors (Lipinski definition) is 2. The number of carbonyl (C=O) groups is 2. The number of rotatable bonds is 8. The van der Waals surface area contributed by atoms with E-state index < -0.39 is 11.7 Å². The molecule has 1 aliphatic heterocycles. The van der Waals surface area contributed by atoms with E-state index in [1.165, 1.54) is 36.3 Å². The van der Waals surface area contributed by atoms with Crippen LogP contribution in [0.5, 0.6) is 11.5 Å². The maximum absolute atomic E-state index is 13.2. The van der Waals surface area contributed by atoms with Crippen LogP contribution in [0, 0.1) is 11.7 Å². The lowest BCUT2D eigenvalue weighted by Gasteiger charge is -2.17. The number of carbonyl (C=O) groups excluding carboxylic acids is 2. The Morgan fingerprint density at radius 3 is 2.49 bits per heavy atom. The molecule has 2 N–H and O–H groups in total. The summed E-state index contributed by atoms with van der Waals surface area (Å²) in [4.78, 5) is 26.5. The minimum absolute atomic E-state index is 0.0611. The van der Waals surface area contributed by atoms with Crippen LogP contribution in [0.4, 0.5) is 15.8 Å². The molecule has 1 atom stereocenters. The van der Waals surface area contributed by atoms with Gasteiger partial charge in [-0.2, -0.15) is 0 Å². The summed E-state index contributed by atoms with van der Waals surface area (Å²) < 4.78 is 24.4. The SMILES string of the molecule is COc1cc(NNC(=O)[C@H]2CC(=O)N(c3ccc(F)cc3)C2)ccc1OCc1c(Cl)cccc1Cl. The highest BCUT2D eigenvalue weighted by Crippen LogP contribution is 2.33. The molecule has 0 radical (unpaired) electrons. The lowest BCUT2D eigenvalue weighted by molar-refractivity contribution is -0.125. The Morgan fingerprint density at radius 1 is 1.09 bits per heavy atom. The lowest BCUT2D eigenvalue weighted by atomic mass is 10.1. The van der Waals surface area contributed by atoms with Crippen LogP contribution in [0.15, 0.2) is 60.7 Å². The van der Waals surface area contributed by atoms with Crippen LogP contribution >= 0.6 is 23.2 Å². The molecule has 3 aromatic carbocycles. The maximum atomic E-state index is 13.2. The van der Waals surface area contributed by atoms with Gasteiger partial charge in [-0.1, -0.05) is 29.3 Å². The van der Waals surface area contributed by atoms with Gasteiger partial charge in [-0.25, -0.2) is 4.39 Å². The van der Waals surface area contributed by atoms with Crippen molar-refractivity contribution in [1.82, 2.24) is 5.43 Å². The fraction of sp³-hybridized carbons (Fsp3) is 0.200. The largest absolute Gasteiger partial charge is 0.493 e. The van der Waals surface area contributed by atoms with Crippen LogP contribution in [0.1, 0.15) is 12.0 Å².